The number of ether oxygens (including phenoxy) is 1. The van der Waals surface area contributed by atoms with Crippen molar-refractivity contribution < 1.29 is 9.84 Å². The van der Waals surface area contributed by atoms with E-state index >= 15 is 0 Å². The van der Waals surface area contributed by atoms with Gasteiger partial charge in [0.1, 0.15) is 11.5 Å². The molecule has 3 nitrogen and oxygen atoms in total. The highest BCUT2D eigenvalue weighted by molar-refractivity contribution is 5.39. The monoisotopic (exact) mass is 229 g/mol. The first kappa shape index (κ1) is 11.6. The number of hydrogen-bond donors (Lipinski definition) is 1. The Bertz CT molecular complexity index is 509. The molecular formula is C14H15NO2. The number of aliphatic hydroxyl groups excluding tert-OH is 1. The van der Waals surface area contributed by atoms with Crippen molar-refractivity contribution in [2.45, 2.75) is 20.0 Å². The molecule has 0 aliphatic heterocycles. The molecule has 0 aliphatic rings. The highest BCUT2D eigenvalue weighted by Gasteiger charge is 2.10. The largest absolute Gasteiger partial charge is 0.455 e. The predicted octanol–water partition coefficient (Wildman–Crippen LogP) is 3.24. The fourth-order valence-corrected chi connectivity index (χ4v) is 1.61. The van der Waals surface area contributed by atoms with Crippen LogP contribution in [0.2, 0.25) is 0 Å². The Labute approximate surface area is 101 Å². The molecule has 88 valence electrons. The van der Waals surface area contributed by atoms with Gasteiger partial charge in [-0.05, 0) is 32.0 Å². The fourth-order valence-electron chi connectivity index (χ4n) is 1.61. The smallest absolute Gasteiger partial charge is 0.148 e. The van der Waals surface area contributed by atoms with Crippen molar-refractivity contribution in [1.29, 1.82) is 0 Å². The van der Waals surface area contributed by atoms with Crippen molar-refractivity contribution in [3.8, 4) is 11.5 Å². The number of aromatic nitrogens is 1. The van der Waals surface area contributed by atoms with Crippen LogP contribution in [-0.4, -0.2) is 10.1 Å². The molecule has 0 aliphatic carbocycles. The van der Waals surface area contributed by atoms with Gasteiger partial charge in [0.2, 0.25) is 0 Å². The summed E-state index contributed by atoms with van der Waals surface area (Å²) in [5, 5.41) is 9.66. The van der Waals surface area contributed by atoms with Gasteiger partial charge in [0.25, 0.3) is 0 Å². The molecule has 0 spiro atoms. The number of rotatable bonds is 3. The summed E-state index contributed by atoms with van der Waals surface area (Å²) in [4.78, 5) is 4.16. The lowest BCUT2D eigenvalue weighted by atomic mass is 10.1. The van der Waals surface area contributed by atoms with Gasteiger partial charge in [0, 0.05) is 11.8 Å². The van der Waals surface area contributed by atoms with Gasteiger partial charge in [0.05, 0.1) is 11.8 Å². The summed E-state index contributed by atoms with van der Waals surface area (Å²) < 4.78 is 5.78. The summed E-state index contributed by atoms with van der Waals surface area (Å²) in [6.45, 7) is 3.61. The van der Waals surface area contributed by atoms with Crippen molar-refractivity contribution in [2.75, 3.05) is 0 Å². The lowest BCUT2D eigenvalue weighted by molar-refractivity contribution is 0.195. The van der Waals surface area contributed by atoms with E-state index in [2.05, 4.69) is 4.98 Å². The minimum absolute atomic E-state index is 0.553. The lowest BCUT2D eigenvalue weighted by Crippen LogP contribution is -1.97. The topological polar surface area (TPSA) is 42.4 Å². The first-order valence-electron chi connectivity index (χ1n) is 5.55. The summed E-state index contributed by atoms with van der Waals surface area (Å²) in [5.41, 5.74) is 1.60. The maximum atomic E-state index is 9.66. The molecule has 3 heteroatoms. The van der Waals surface area contributed by atoms with Crippen molar-refractivity contribution in [3.05, 3.63) is 53.9 Å². The predicted molar refractivity (Wildman–Crippen MR) is 66.1 cm³/mol. The first-order chi connectivity index (χ1) is 8.18. The first-order valence-corrected chi connectivity index (χ1v) is 5.55. The van der Waals surface area contributed by atoms with Crippen LogP contribution in [0.25, 0.3) is 0 Å². The van der Waals surface area contributed by atoms with E-state index in [4.69, 9.17) is 4.74 Å². The highest BCUT2D eigenvalue weighted by atomic mass is 16.5. The molecule has 0 saturated heterocycles. The van der Waals surface area contributed by atoms with Crippen LogP contribution in [-0.2, 0) is 0 Å². The number of para-hydroxylation sites is 1. The van der Waals surface area contributed by atoms with Gasteiger partial charge in [0.15, 0.2) is 0 Å². The molecule has 0 unspecified atom stereocenters. The zero-order valence-corrected chi connectivity index (χ0v) is 9.92. The maximum Gasteiger partial charge on any atom is 0.148 e. The standard InChI is InChI=1S/C14H15NO2/c1-10-13(8-5-9-15-10)17-14-7-4-3-6-12(14)11(2)16/h3-9,11,16H,1-2H3/t11-/m0/s1. The molecule has 0 bridgehead atoms. The number of aryl methyl sites for hydroxylation is 1. The van der Waals surface area contributed by atoms with E-state index in [-0.39, 0.29) is 0 Å². The van der Waals surface area contributed by atoms with Crippen LogP contribution in [0, 0.1) is 6.92 Å². The maximum absolute atomic E-state index is 9.66. The van der Waals surface area contributed by atoms with E-state index in [9.17, 15) is 5.11 Å². The Morgan fingerprint density at radius 2 is 1.82 bits per heavy atom. The zero-order chi connectivity index (χ0) is 12.3. The third kappa shape index (κ3) is 2.63. The van der Waals surface area contributed by atoms with Crippen LogP contribution in [0.1, 0.15) is 24.3 Å². The van der Waals surface area contributed by atoms with E-state index in [1.807, 2.05) is 43.3 Å². The number of aliphatic hydroxyl groups is 1. The summed E-state index contributed by atoms with van der Waals surface area (Å²) in [7, 11) is 0. The van der Waals surface area contributed by atoms with Gasteiger partial charge in [-0.25, -0.2) is 0 Å². The zero-order valence-electron chi connectivity index (χ0n) is 9.92. The third-order valence-electron chi connectivity index (χ3n) is 2.55. The molecule has 17 heavy (non-hydrogen) atoms. The van der Waals surface area contributed by atoms with Gasteiger partial charge in [-0.2, -0.15) is 0 Å². The average molecular weight is 229 g/mol. The molecule has 1 N–H and O–H groups in total. The van der Waals surface area contributed by atoms with Crippen LogP contribution in [0.15, 0.2) is 42.6 Å². The number of benzene rings is 1. The quantitative estimate of drug-likeness (QED) is 0.878. The summed E-state index contributed by atoms with van der Waals surface area (Å²) in [5.74, 6) is 1.37. The minimum Gasteiger partial charge on any atom is -0.455 e. The van der Waals surface area contributed by atoms with E-state index in [0.717, 1.165) is 11.3 Å². The average Bonchev–Trinajstić information content (AvgIpc) is 2.32. The van der Waals surface area contributed by atoms with Crippen LogP contribution < -0.4 is 4.74 Å². The summed E-state index contributed by atoms with van der Waals surface area (Å²) >= 11 is 0. The van der Waals surface area contributed by atoms with E-state index in [0.29, 0.717) is 11.5 Å². The second-order valence-corrected chi connectivity index (χ2v) is 3.90. The molecule has 1 aromatic carbocycles. The van der Waals surface area contributed by atoms with Crippen LogP contribution >= 0.6 is 0 Å². The fraction of sp³-hybridized carbons (Fsp3) is 0.214. The number of hydrogen-bond acceptors (Lipinski definition) is 3. The summed E-state index contributed by atoms with van der Waals surface area (Å²) in [6, 6.07) is 11.1. The highest BCUT2D eigenvalue weighted by Crippen LogP contribution is 2.30. The molecule has 0 saturated carbocycles. The number of nitrogens with zero attached hydrogens (tertiary/aromatic N) is 1. The molecule has 0 fully saturated rings. The molecule has 2 aromatic rings. The normalized spacial score (nSPS) is 12.2. The SMILES string of the molecule is Cc1ncccc1Oc1ccccc1[C@H](C)O. The molecule has 0 radical (unpaired) electrons. The molecule has 2 rings (SSSR count). The molecule has 1 atom stereocenters. The van der Waals surface area contributed by atoms with E-state index in [1.54, 1.807) is 13.1 Å². The molecular weight excluding hydrogens is 214 g/mol. The molecule has 1 heterocycles. The molecule has 1 aromatic heterocycles. The van der Waals surface area contributed by atoms with Crippen molar-refractivity contribution in [3.63, 3.8) is 0 Å². The van der Waals surface area contributed by atoms with Gasteiger partial charge in [-0.15, -0.1) is 0 Å². The van der Waals surface area contributed by atoms with Crippen molar-refractivity contribution >= 4 is 0 Å². The van der Waals surface area contributed by atoms with Crippen molar-refractivity contribution in [2.24, 2.45) is 0 Å². The second-order valence-electron chi connectivity index (χ2n) is 3.90. The Balaban J connectivity index is 2.34. The summed E-state index contributed by atoms with van der Waals surface area (Å²) in [6.07, 6.45) is 1.17. The van der Waals surface area contributed by atoms with E-state index < -0.39 is 6.10 Å². The Kier molecular flexibility index (Phi) is 3.40. The Hall–Kier alpha value is -1.87. The van der Waals surface area contributed by atoms with Crippen LogP contribution in [0.5, 0.6) is 11.5 Å². The number of pyridine rings is 1. The second kappa shape index (κ2) is 4.97. The Morgan fingerprint density at radius 1 is 1.12 bits per heavy atom. The van der Waals surface area contributed by atoms with Gasteiger partial charge < -0.3 is 9.84 Å². The third-order valence-corrected chi connectivity index (χ3v) is 2.55. The van der Waals surface area contributed by atoms with Gasteiger partial charge >= 0.3 is 0 Å². The van der Waals surface area contributed by atoms with Crippen LogP contribution in [0.3, 0.4) is 0 Å². The van der Waals surface area contributed by atoms with E-state index in [1.165, 1.54) is 0 Å². The minimum atomic E-state index is -0.553. The molecule has 0 amide bonds. The van der Waals surface area contributed by atoms with Crippen molar-refractivity contribution in [1.82, 2.24) is 4.98 Å². The van der Waals surface area contributed by atoms with Gasteiger partial charge in [-0.1, -0.05) is 18.2 Å². The lowest BCUT2D eigenvalue weighted by Gasteiger charge is -2.13. The van der Waals surface area contributed by atoms with Crippen LogP contribution in [0.4, 0.5) is 0 Å². The Morgan fingerprint density at radius 3 is 2.53 bits per heavy atom. The van der Waals surface area contributed by atoms with Gasteiger partial charge in [-0.3, -0.25) is 4.98 Å².